The van der Waals surface area contributed by atoms with Gasteiger partial charge in [0.1, 0.15) is 11.4 Å². The van der Waals surface area contributed by atoms with Crippen molar-refractivity contribution in [3.8, 4) is 29.4 Å². The number of hydrogen-bond acceptors (Lipinski definition) is 4. The SMILES string of the molecule is CC(C)C#Cc1cc(C#N)cc(Oc2c(Cl)ccc(Cn3cnc(Cl)c3C(N)=O)c2F)c1. The number of imidazole rings is 1. The molecule has 0 saturated heterocycles. The quantitative estimate of drug-likeness (QED) is 0.521. The predicted octanol–water partition coefficient (Wildman–Crippen LogP) is 5.15. The smallest absolute Gasteiger partial charge is 0.268 e. The van der Waals surface area contributed by atoms with E-state index < -0.39 is 11.7 Å². The summed E-state index contributed by atoms with van der Waals surface area (Å²) in [5, 5.41) is 9.26. The Hall–Kier alpha value is -3.52. The third kappa shape index (κ3) is 5.20. The molecule has 32 heavy (non-hydrogen) atoms. The van der Waals surface area contributed by atoms with Crippen LogP contribution in [0.1, 0.15) is 41.0 Å². The van der Waals surface area contributed by atoms with Crippen LogP contribution in [0.25, 0.3) is 0 Å². The molecule has 6 nitrogen and oxygen atoms in total. The zero-order valence-corrected chi connectivity index (χ0v) is 18.6. The maximum Gasteiger partial charge on any atom is 0.268 e. The van der Waals surface area contributed by atoms with Crippen LogP contribution in [-0.4, -0.2) is 15.5 Å². The molecule has 0 fully saturated rings. The lowest BCUT2D eigenvalue weighted by Gasteiger charge is -2.13. The lowest BCUT2D eigenvalue weighted by molar-refractivity contribution is 0.0992. The number of carbonyl (C=O) groups excluding carboxylic acids is 1. The molecule has 2 N–H and O–H groups in total. The second-order valence-corrected chi connectivity index (χ2v) is 7.87. The van der Waals surface area contributed by atoms with Gasteiger partial charge in [-0.25, -0.2) is 9.37 Å². The maximum absolute atomic E-state index is 15.3. The van der Waals surface area contributed by atoms with E-state index >= 15 is 4.39 Å². The number of nitrogens with zero attached hydrogens (tertiary/aromatic N) is 3. The molecule has 0 saturated carbocycles. The summed E-state index contributed by atoms with van der Waals surface area (Å²) in [6.07, 6.45) is 1.28. The van der Waals surface area contributed by atoms with Crippen molar-refractivity contribution >= 4 is 29.1 Å². The number of halogens is 3. The van der Waals surface area contributed by atoms with Crippen molar-refractivity contribution in [2.75, 3.05) is 0 Å². The second kappa shape index (κ2) is 9.74. The van der Waals surface area contributed by atoms with Crippen LogP contribution in [0.5, 0.6) is 11.5 Å². The minimum absolute atomic E-state index is 0.0298. The topological polar surface area (TPSA) is 93.9 Å². The molecule has 0 spiro atoms. The zero-order valence-electron chi connectivity index (χ0n) is 17.1. The van der Waals surface area contributed by atoms with Gasteiger partial charge >= 0.3 is 0 Å². The number of aromatic nitrogens is 2. The van der Waals surface area contributed by atoms with Crippen molar-refractivity contribution in [3.63, 3.8) is 0 Å². The first-order chi connectivity index (χ1) is 15.2. The van der Waals surface area contributed by atoms with Crippen molar-refractivity contribution in [2.45, 2.75) is 20.4 Å². The molecule has 0 aliphatic carbocycles. The van der Waals surface area contributed by atoms with Gasteiger partial charge in [-0.05, 0) is 24.3 Å². The maximum atomic E-state index is 15.3. The Kier molecular flexibility index (Phi) is 7.05. The van der Waals surface area contributed by atoms with Gasteiger partial charge in [-0.15, -0.1) is 0 Å². The first-order valence-electron chi connectivity index (χ1n) is 9.41. The summed E-state index contributed by atoms with van der Waals surface area (Å²) in [6.45, 7) is 3.80. The van der Waals surface area contributed by atoms with E-state index in [9.17, 15) is 10.1 Å². The minimum Gasteiger partial charge on any atom is -0.453 e. The number of benzene rings is 2. The van der Waals surface area contributed by atoms with Crippen LogP contribution in [-0.2, 0) is 6.54 Å². The molecule has 1 amide bonds. The van der Waals surface area contributed by atoms with Crippen LogP contribution in [0, 0.1) is 34.9 Å². The Balaban J connectivity index is 1.99. The number of amides is 1. The summed E-state index contributed by atoms with van der Waals surface area (Å²) in [5.41, 5.74) is 6.32. The van der Waals surface area contributed by atoms with Gasteiger partial charge in [-0.1, -0.05) is 55.0 Å². The largest absolute Gasteiger partial charge is 0.453 e. The predicted molar refractivity (Wildman–Crippen MR) is 119 cm³/mol. The number of ether oxygens (including phenoxy) is 1. The minimum atomic E-state index is -0.790. The third-order valence-electron chi connectivity index (χ3n) is 4.26. The number of primary amides is 1. The van der Waals surface area contributed by atoms with E-state index in [4.69, 9.17) is 33.7 Å². The highest BCUT2D eigenvalue weighted by molar-refractivity contribution is 6.32. The van der Waals surface area contributed by atoms with Crippen molar-refractivity contribution < 1.29 is 13.9 Å². The lowest BCUT2D eigenvalue weighted by atomic mass is 10.1. The first kappa shape index (κ1) is 23.1. The van der Waals surface area contributed by atoms with E-state index in [1.807, 2.05) is 19.9 Å². The Labute approximate surface area is 194 Å². The fourth-order valence-electron chi connectivity index (χ4n) is 2.83. The highest BCUT2D eigenvalue weighted by atomic mass is 35.5. The molecule has 2 aromatic carbocycles. The molecule has 0 atom stereocenters. The Bertz CT molecular complexity index is 1300. The van der Waals surface area contributed by atoms with Gasteiger partial charge < -0.3 is 15.0 Å². The van der Waals surface area contributed by atoms with Crippen molar-refractivity contribution in [1.29, 1.82) is 5.26 Å². The van der Waals surface area contributed by atoms with Crippen molar-refractivity contribution in [3.05, 3.63) is 75.0 Å². The van der Waals surface area contributed by atoms with Crippen LogP contribution in [0.15, 0.2) is 36.7 Å². The summed E-state index contributed by atoms with van der Waals surface area (Å²) in [7, 11) is 0. The highest BCUT2D eigenvalue weighted by Gasteiger charge is 2.19. The van der Waals surface area contributed by atoms with Crippen LogP contribution in [0.2, 0.25) is 10.2 Å². The van der Waals surface area contributed by atoms with Gasteiger partial charge in [-0.2, -0.15) is 5.26 Å². The molecular formula is C23H17Cl2FN4O2. The summed E-state index contributed by atoms with van der Waals surface area (Å²) < 4.78 is 22.3. The zero-order chi connectivity index (χ0) is 23.4. The van der Waals surface area contributed by atoms with Crippen LogP contribution in [0.3, 0.4) is 0 Å². The summed E-state index contributed by atoms with van der Waals surface area (Å²) in [6, 6.07) is 9.62. The van der Waals surface area contributed by atoms with Crippen molar-refractivity contribution in [2.24, 2.45) is 11.7 Å². The first-order valence-corrected chi connectivity index (χ1v) is 10.2. The molecular weight excluding hydrogens is 454 g/mol. The monoisotopic (exact) mass is 470 g/mol. The fourth-order valence-corrected chi connectivity index (χ4v) is 3.26. The number of rotatable bonds is 5. The van der Waals surface area contributed by atoms with Gasteiger partial charge in [0.05, 0.1) is 29.5 Å². The fraction of sp³-hybridized carbons (Fsp3) is 0.174. The summed E-state index contributed by atoms with van der Waals surface area (Å²) >= 11 is 12.1. The van der Waals surface area contributed by atoms with Gasteiger partial charge in [0.15, 0.2) is 16.7 Å². The van der Waals surface area contributed by atoms with Crippen molar-refractivity contribution in [1.82, 2.24) is 9.55 Å². The molecule has 1 aromatic heterocycles. The lowest BCUT2D eigenvalue weighted by Crippen LogP contribution is -2.18. The summed E-state index contributed by atoms with van der Waals surface area (Å²) in [4.78, 5) is 15.5. The normalized spacial score (nSPS) is 10.4. The van der Waals surface area contributed by atoms with Gasteiger partial charge in [0.2, 0.25) is 0 Å². The van der Waals surface area contributed by atoms with E-state index in [-0.39, 0.29) is 45.4 Å². The molecule has 0 aliphatic heterocycles. The molecule has 3 aromatic rings. The van der Waals surface area contributed by atoms with E-state index in [1.54, 1.807) is 12.1 Å². The molecule has 162 valence electrons. The number of carbonyl (C=O) groups is 1. The van der Waals surface area contributed by atoms with Gasteiger partial charge in [0.25, 0.3) is 5.91 Å². The van der Waals surface area contributed by atoms with Crippen LogP contribution in [0.4, 0.5) is 4.39 Å². The van der Waals surface area contributed by atoms with E-state index in [0.717, 1.165) is 0 Å². The number of nitriles is 1. The highest BCUT2D eigenvalue weighted by Crippen LogP contribution is 2.35. The molecule has 0 bridgehead atoms. The summed E-state index contributed by atoms with van der Waals surface area (Å²) in [5.74, 6) is 4.55. The van der Waals surface area contributed by atoms with E-state index in [0.29, 0.717) is 11.1 Å². The average Bonchev–Trinajstić information content (AvgIpc) is 3.11. The number of nitrogens with two attached hydrogens (primary N) is 1. The van der Waals surface area contributed by atoms with Gasteiger partial charge in [0, 0.05) is 17.0 Å². The molecule has 1 heterocycles. The second-order valence-electron chi connectivity index (χ2n) is 7.11. The Morgan fingerprint density at radius 2 is 2.00 bits per heavy atom. The Morgan fingerprint density at radius 1 is 1.28 bits per heavy atom. The molecule has 9 heteroatoms. The van der Waals surface area contributed by atoms with E-state index in [1.165, 1.54) is 29.1 Å². The Morgan fingerprint density at radius 3 is 2.66 bits per heavy atom. The third-order valence-corrected chi connectivity index (χ3v) is 4.83. The molecule has 0 unspecified atom stereocenters. The van der Waals surface area contributed by atoms with E-state index in [2.05, 4.69) is 16.8 Å². The molecule has 3 rings (SSSR count). The number of hydrogen-bond donors (Lipinski definition) is 1. The van der Waals surface area contributed by atoms with Gasteiger partial charge in [-0.3, -0.25) is 4.79 Å². The standard InChI is InChI=1S/C23H17Cl2FN4O2/c1-13(2)3-4-14-7-15(10-27)9-17(8-14)32-21-18(24)6-5-16(19(21)26)11-30-12-29-22(25)20(30)23(28)31/h5-9,12-13H,11H2,1-2H3,(H2,28,31). The average molecular weight is 471 g/mol. The van der Waals surface area contributed by atoms with Crippen LogP contribution >= 0.6 is 23.2 Å². The molecule has 0 aliphatic rings. The molecule has 0 radical (unpaired) electrons. The van der Waals surface area contributed by atoms with Crippen LogP contribution < -0.4 is 10.5 Å².